The second-order valence-corrected chi connectivity index (χ2v) is 9.53. The second kappa shape index (κ2) is 10.8. The molecule has 3 aromatic carbocycles. The molecule has 7 nitrogen and oxygen atoms in total. The summed E-state index contributed by atoms with van der Waals surface area (Å²) in [6.45, 7) is 4.55. The summed E-state index contributed by atoms with van der Waals surface area (Å²) in [5, 5.41) is 8.16. The summed E-state index contributed by atoms with van der Waals surface area (Å²) in [5.74, 6) is 0.555. The molecule has 0 radical (unpaired) electrons. The minimum absolute atomic E-state index is 0.0179. The van der Waals surface area contributed by atoms with Crippen LogP contribution in [0.3, 0.4) is 0 Å². The largest absolute Gasteiger partial charge is 0.359 e. The number of hydrogen-bond acceptors (Lipinski definition) is 4. The van der Waals surface area contributed by atoms with E-state index in [0.29, 0.717) is 24.9 Å². The third kappa shape index (κ3) is 5.00. The first-order valence-corrected chi connectivity index (χ1v) is 12.9. The number of rotatable bonds is 8. The topological polar surface area (TPSA) is 88.9 Å². The number of pyridine rings is 1. The van der Waals surface area contributed by atoms with Crippen molar-refractivity contribution in [3.8, 4) is 11.4 Å². The number of carbonyl (C=O) groups is 2. The third-order valence-electron chi connectivity index (χ3n) is 6.98. The van der Waals surface area contributed by atoms with E-state index >= 15 is 0 Å². The molecule has 0 unspecified atom stereocenters. The van der Waals surface area contributed by atoms with Crippen molar-refractivity contribution in [3.05, 3.63) is 95.8 Å². The first-order chi connectivity index (χ1) is 18.5. The Bertz CT molecular complexity index is 1640. The Kier molecular flexibility index (Phi) is 7.18. The Morgan fingerprint density at radius 1 is 1.00 bits per heavy atom. The van der Waals surface area contributed by atoms with Crippen LogP contribution in [0.25, 0.3) is 33.2 Å². The number of amides is 2. The highest BCUT2D eigenvalue weighted by atomic mass is 16.2. The predicted molar refractivity (Wildman–Crippen MR) is 151 cm³/mol. The molecule has 2 heterocycles. The molecule has 0 aliphatic rings. The number of nitrogens with one attached hydrogen (secondary N) is 2. The molecule has 0 fully saturated rings. The molecule has 192 valence electrons. The highest BCUT2D eigenvalue weighted by Gasteiger charge is 2.21. The average Bonchev–Trinajstić information content (AvgIpc) is 3.31. The van der Waals surface area contributed by atoms with Gasteiger partial charge in [-0.15, -0.1) is 0 Å². The fraction of sp³-hybridized carbons (Fsp3) is 0.226. The molecular weight excluding hydrogens is 474 g/mol. The van der Waals surface area contributed by atoms with Crippen molar-refractivity contribution in [2.24, 2.45) is 0 Å². The zero-order valence-electron chi connectivity index (χ0n) is 21.9. The van der Waals surface area contributed by atoms with Crippen molar-refractivity contribution in [1.82, 2.24) is 25.2 Å². The van der Waals surface area contributed by atoms with E-state index in [1.165, 1.54) is 5.39 Å². The molecule has 7 heteroatoms. The lowest BCUT2D eigenvalue weighted by Crippen LogP contribution is -2.27. The second-order valence-electron chi connectivity index (χ2n) is 9.53. The maximum Gasteiger partial charge on any atom is 0.253 e. The van der Waals surface area contributed by atoms with E-state index in [1.54, 1.807) is 19.4 Å². The maximum atomic E-state index is 13.7. The van der Waals surface area contributed by atoms with Gasteiger partial charge in [0.15, 0.2) is 0 Å². The van der Waals surface area contributed by atoms with E-state index in [0.717, 1.165) is 38.9 Å². The number of hydrogen-bond donors (Lipinski definition) is 2. The first kappa shape index (κ1) is 25.1. The lowest BCUT2D eigenvalue weighted by molar-refractivity contribution is -0.120. The van der Waals surface area contributed by atoms with Crippen LogP contribution in [0.5, 0.6) is 0 Å². The van der Waals surface area contributed by atoms with Crippen LogP contribution in [0.1, 0.15) is 47.3 Å². The van der Waals surface area contributed by atoms with E-state index in [2.05, 4.69) is 50.5 Å². The van der Waals surface area contributed by atoms with Crippen molar-refractivity contribution in [2.45, 2.75) is 39.3 Å². The molecule has 38 heavy (non-hydrogen) atoms. The smallest absolute Gasteiger partial charge is 0.253 e. The normalized spacial score (nSPS) is 12.0. The highest BCUT2D eigenvalue weighted by molar-refractivity contribution is 6.06. The van der Waals surface area contributed by atoms with Gasteiger partial charge in [0.2, 0.25) is 5.91 Å². The summed E-state index contributed by atoms with van der Waals surface area (Å²) in [6, 6.07) is 21.8. The van der Waals surface area contributed by atoms with Crippen LogP contribution in [-0.2, 0) is 11.3 Å². The average molecular weight is 506 g/mol. The van der Waals surface area contributed by atoms with E-state index < -0.39 is 0 Å². The number of aryl methyl sites for hydroxylation is 2. The quantitative estimate of drug-likeness (QED) is 0.288. The van der Waals surface area contributed by atoms with Crippen LogP contribution in [0.2, 0.25) is 0 Å². The third-order valence-corrected chi connectivity index (χ3v) is 6.98. The van der Waals surface area contributed by atoms with Crippen molar-refractivity contribution in [1.29, 1.82) is 0 Å². The summed E-state index contributed by atoms with van der Waals surface area (Å²) in [6.07, 6.45) is 4.55. The zero-order valence-corrected chi connectivity index (χ0v) is 21.9. The molecule has 5 aromatic rings. The fourth-order valence-electron chi connectivity index (χ4n) is 4.85. The Morgan fingerprint density at radius 2 is 1.82 bits per heavy atom. The molecule has 0 aliphatic heterocycles. The van der Waals surface area contributed by atoms with Gasteiger partial charge in [0.05, 0.1) is 22.6 Å². The Hall–Kier alpha value is -4.52. The number of para-hydroxylation sites is 1. The molecular formula is C31H31N5O2. The van der Waals surface area contributed by atoms with Crippen molar-refractivity contribution in [2.75, 3.05) is 7.05 Å². The molecule has 0 saturated carbocycles. The molecule has 0 spiro atoms. The van der Waals surface area contributed by atoms with Gasteiger partial charge in [-0.25, -0.2) is 4.98 Å². The Balaban J connectivity index is 1.52. The summed E-state index contributed by atoms with van der Waals surface area (Å²) in [5.41, 5.74) is 5.02. The van der Waals surface area contributed by atoms with Gasteiger partial charge < -0.3 is 15.2 Å². The maximum absolute atomic E-state index is 13.7. The predicted octanol–water partition coefficient (Wildman–Crippen LogP) is 5.58. The Morgan fingerprint density at radius 3 is 2.61 bits per heavy atom. The van der Waals surface area contributed by atoms with Gasteiger partial charge in [0.1, 0.15) is 5.82 Å². The molecule has 5 rings (SSSR count). The number of carbonyl (C=O) groups excluding carboxylic acids is 2. The first-order valence-electron chi connectivity index (χ1n) is 12.9. The summed E-state index contributed by atoms with van der Waals surface area (Å²) < 4.78 is 2.05. The molecule has 1 atom stereocenters. The van der Waals surface area contributed by atoms with E-state index in [9.17, 15) is 9.59 Å². The molecule has 0 aliphatic carbocycles. The van der Waals surface area contributed by atoms with Gasteiger partial charge in [0, 0.05) is 38.0 Å². The van der Waals surface area contributed by atoms with Gasteiger partial charge >= 0.3 is 0 Å². The van der Waals surface area contributed by atoms with Crippen LogP contribution in [-0.4, -0.2) is 33.4 Å². The fourth-order valence-corrected chi connectivity index (χ4v) is 4.85. The molecule has 2 N–H and O–H groups in total. The number of fused-ring (bicyclic) bond motifs is 2. The molecule has 2 aromatic heterocycles. The van der Waals surface area contributed by atoms with Gasteiger partial charge in [-0.3, -0.25) is 14.6 Å². The van der Waals surface area contributed by atoms with Crippen LogP contribution in [0.15, 0.2) is 79.1 Å². The van der Waals surface area contributed by atoms with Gasteiger partial charge in [-0.2, -0.15) is 0 Å². The number of aromatic nitrogens is 3. The van der Waals surface area contributed by atoms with Gasteiger partial charge in [-0.1, -0.05) is 42.5 Å². The van der Waals surface area contributed by atoms with E-state index in [4.69, 9.17) is 4.98 Å². The highest BCUT2D eigenvalue weighted by Crippen LogP contribution is 2.30. The summed E-state index contributed by atoms with van der Waals surface area (Å²) in [4.78, 5) is 34.8. The molecule has 0 saturated heterocycles. The van der Waals surface area contributed by atoms with Gasteiger partial charge in [0.25, 0.3) is 5.91 Å². The minimum Gasteiger partial charge on any atom is -0.359 e. The number of benzene rings is 3. The van der Waals surface area contributed by atoms with Crippen molar-refractivity contribution in [3.63, 3.8) is 0 Å². The minimum atomic E-state index is -0.188. The van der Waals surface area contributed by atoms with Crippen LogP contribution >= 0.6 is 0 Å². The monoisotopic (exact) mass is 505 g/mol. The Labute approximate surface area is 221 Å². The van der Waals surface area contributed by atoms with E-state index in [-0.39, 0.29) is 17.9 Å². The lowest BCUT2D eigenvalue weighted by atomic mass is 10.0. The van der Waals surface area contributed by atoms with Crippen molar-refractivity contribution < 1.29 is 9.59 Å². The molecule has 0 bridgehead atoms. The van der Waals surface area contributed by atoms with Crippen LogP contribution < -0.4 is 10.6 Å². The summed E-state index contributed by atoms with van der Waals surface area (Å²) in [7, 11) is 1.64. The van der Waals surface area contributed by atoms with Gasteiger partial charge in [-0.05, 0) is 66.4 Å². The SMILES string of the molecule is CNC(=O)CCCn1c(-c2cnccc2C)nc2cccc(C(=O)N[C@@H](C)c3ccc4ccccc4c3)c21. The van der Waals surface area contributed by atoms with Crippen LogP contribution in [0.4, 0.5) is 0 Å². The standard InChI is InChI=1S/C31H31N5O2/c1-20-15-16-33-19-26(20)30-35-27-11-6-10-25(29(27)36(30)17-7-12-28(37)32-3)31(38)34-21(2)23-14-13-22-8-4-5-9-24(22)18-23/h4-6,8-11,13-16,18-19,21H,7,12,17H2,1-3H3,(H,32,37)(H,34,38)/t21-/m0/s1. The molecule has 2 amide bonds. The van der Waals surface area contributed by atoms with Crippen LogP contribution in [0, 0.1) is 6.92 Å². The number of nitrogens with zero attached hydrogens (tertiary/aromatic N) is 3. The lowest BCUT2D eigenvalue weighted by Gasteiger charge is -2.17. The number of imidazole rings is 1. The zero-order chi connectivity index (χ0) is 26.6. The van der Waals surface area contributed by atoms with E-state index in [1.807, 2.05) is 50.2 Å². The summed E-state index contributed by atoms with van der Waals surface area (Å²) >= 11 is 0. The van der Waals surface area contributed by atoms with Crippen molar-refractivity contribution >= 4 is 33.6 Å².